The molecule has 0 saturated heterocycles. The third-order valence-corrected chi connectivity index (χ3v) is 3.20. The summed E-state index contributed by atoms with van der Waals surface area (Å²) in [4.78, 5) is 10.8. The minimum atomic E-state index is -0.779. The smallest absolute Gasteiger partial charge is 0.306 e. The molecule has 0 fully saturated rings. The molecule has 1 aliphatic carbocycles. The first-order valence-electron chi connectivity index (χ1n) is 5.87. The van der Waals surface area contributed by atoms with E-state index in [1.54, 1.807) is 6.92 Å². The van der Waals surface area contributed by atoms with E-state index in [4.69, 9.17) is 9.63 Å². The van der Waals surface area contributed by atoms with Gasteiger partial charge in [0.1, 0.15) is 5.76 Å². The van der Waals surface area contributed by atoms with Gasteiger partial charge in [-0.1, -0.05) is 18.5 Å². The number of hydrogen-bond acceptors (Lipinski definition) is 3. The van der Waals surface area contributed by atoms with E-state index in [1.807, 2.05) is 0 Å². The first kappa shape index (κ1) is 11.2. The largest absolute Gasteiger partial charge is 0.481 e. The summed E-state index contributed by atoms with van der Waals surface area (Å²) in [6.45, 7) is 1.70. The monoisotopic (exact) mass is 223 g/mol. The van der Waals surface area contributed by atoms with Gasteiger partial charge in [0.15, 0.2) is 0 Å². The minimum absolute atomic E-state index is 0.402. The molecule has 0 amide bonds. The summed E-state index contributed by atoms with van der Waals surface area (Å²) in [6.07, 6.45) is 5.96. The van der Waals surface area contributed by atoms with Crippen molar-refractivity contribution in [3.8, 4) is 0 Å². The second-order valence-electron chi connectivity index (χ2n) is 4.54. The lowest BCUT2D eigenvalue weighted by molar-refractivity contribution is -0.141. The van der Waals surface area contributed by atoms with Gasteiger partial charge in [-0.2, -0.15) is 0 Å². The number of fused-ring (bicyclic) bond motifs is 1. The average Bonchev–Trinajstić information content (AvgIpc) is 2.50. The first-order valence-corrected chi connectivity index (χ1v) is 5.87. The molecule has 16 heavy (non-hydrogen) atoms. The third-order valence-electron chi connectivity index (χ3n) is 3.20. The highest BCUT2D eigenvalue weighted by atomic mass is 16.5. The van der Waals surface area contributed by atoms with Gasteiger partial charge in [0.05, 0.1) is 11.6 Å². The number of carboxylic acids is 1. The van der Waals surface area contributed by atoms with Crippen LogP contribution in [0.15, 0.2) is 4.52 Å². The number of carboxylic acid groups (broad SMARTS) is 1. The lowest BCUT2D eigenvalue weighted by Gasteiger charge is -2.04. The van der Waals surface area contributed by atoms with Gasteiger partial charge in [-0.3, -0.25) is 4.79 Å². The topological polar surface area (TPSA) is 63.3 Å². The zero-order valence-electron chi connectivity index (χ0n) is 9.53. The molecule has 0 aromatic carbocycles. The minimum Gasteiger partial charge on any atom is -0.481 e. The number of hydrogen-bond donors (Lipinski definition) is 1. The molecule has 1 aromatic rings. The van der Waals surface area contributed by atoms with Crippen molar-refractivity contribution >= 4 is 5.97 Å². The van der Waals surface area contributed by atoms with Crippen LogP contribution in [0.1, 0.15) is 43.2 Å². The molecule has 0 bridgehead atoms. The molecule has 0 spiro atoms. The van der Waals surface area contributed by atoms with Crippen LogP contribution in [0.25, 0.3) is 0 Å². The second kappa shape index (κ2) is 4.68. The number of aromatic nitrogens is 1. The molecular weight excluding hydrogens is 206 g/mol. The highest BCUT2D eigenvalue weighted by Crippen LogP contribution is 2.25. The van der Waals surface area contributed by atoms with Crippen molar-refractivity contribution in [1.29, 1.82) is 0 Å². The summed E-state index contributed by atoms with van der Waals surface area (Å²) in [7, 11) is 0. The van der Waals surface area contributed by atoms with E-state index in [0.717, 1.165) is 37.1 Å². The molecule has 4 nitrogen and oxygen atoms in total. The zero-order valence-corrected chi connectivity index (χ0v) is 9.53. The van der Waals surface area contributed by atoms with Crippen LogP contribution in [0.4, 0.5) is 0 Å². The van der Waals surface area contributed by atoms with Crippen molar-refractivity contribution in [3.05, 3.63) is 17.0 Å². The molecule has 1 heterocycles. The number of rotatable bonds is 3. The van der Waals surface area contributed by atoms with Crippen LogP contribution in [0.2, 0.25) is 0 Å². The van der Waals surface area contributed by atoms with E-state index in [0.29, 0.717) is 6.42 Å². The average molecular weight is 223 g/mol. The Morgan fingerprint density at radius 1 is 1.44 bits per heavy atom. The fourth-order valence-corrected chi connectivity index (χ4v) is 2.16. The number of aryl methyl sites for hydroxylation is 1. The first-order chi connectivity index (χ1) is 7.68. The summed E-state index contributed by atoms with van der Waals surface area (Å²) in [6, 6.07) is 0. The van der Waals surface area contributed by atoms with Gasteiger partial charge in [-0.05, 0) is 25.7 Å². The van der Waals surface area contributed by atoms with E-state index < -0.39 is 11.9 Å². The summed E-state index contributed by atoms with van der Waals surface area (Å²) in [5.74, 6) is -0.397. The maximum Gasteiger partial charge on any atom is 0.306 e. The standard InChI is InChI=1S/C12H17NO3/c1-8(12(14)15)7-11-9-5-3-2-4-6-10(9)13-16-11/h8H,2-7H2,1H3,(H,14,15). The van der Waals surface area contributed by atoms with Crippen molar-refractivity contribution in [2.75, 3.05) is 0 Å². The van der Waals surface area contributed by atoms with Gasteiger partial charge in [0.25, 0.3) is 0 Å². The molecule has 1 unspecified atom stereocenters. The van der Waals surface area contributed by atoms with Gasteiger partial charge in [0.2, 0.25) is 0 Å². The normalized spacial score (nSPS) is 17.6. The predicted molar refractivity (Wildman–Crippen MR) is 58.3 cm³/mol. The number of aliphatic carboxylic acids is 1. The SMILES string of the molecule is CC(Cc1onc2c1CCCCC2)C(=O)O. The lowest BCUT2D eigenvalue weighted by atomic mass is 10.0. The van der Waals surface area contributed by atoms with E-state index in [-0.39, 0.29) is 0 Å². The van der Waals surface area contributed by atoms with Crippen LogP contribution >= 0.6 is 0 Å². The van der Waals surface area contributed by atoms with Gasteiger partial charge in [0, 0.05) is 12.0 Å². The molecule has 1 aromatic heterocycles. The van der Waals surface area contributed by atoms with Crippen LogP contribution in [-0.4, -0.2) is 16.2 Å². The molecule has 4 heteroatoms. The van der Waals surface area contributed by atoms with E-state index in [1.165, 1.54) is 12.0 Å². The Morgan fingerprint density at radius 2 is 2.19 bits per heavy atom. The maximum atomic E-state index is 10.8. The Balaban J connectivity index is 2.16. The quantitative estimate of drug-likeness (QED) is 0.798. The summed E-state index contributed by atoms with van der Waals surface area (Å²) < 4.78 is 5.28. The van der Waals surface area contributed by atoms with Gasteiger partial charge >= 0.3 is 5.97 Å². The number of carbonyl (C=O) groups is 1. The summed E-state index contributed by atoms with van der Waals surface area (Å²) in [5.41, 5.74) is 2.22. The second-order valence-corrected chi connectivity index (χ2v) is 4.54. The molecule has 88 valence electrons. The van der Waals surface area contributed by atoms with Crippen LogP contribution in [0.3, 0.4) is 0 Å². The summed E-state index contributed by atoms with van der Waals surface area (Å²) >= 11 is 0. The molecule has 0 radical (unpaired) electrons. The Morgan fingerprint density at radius 3 is 2.94 bits per heavy atom. The van der Waals surface area contributed by atoms with Gasteiger partial charge < -0.3 is 9.63 Å². The van der Waals surface area contributed by atoms with E-state index in [9.17, 15) is 4.79 Å². The molecule has 0 saturated carbocycles. The van der Waals surface area contributed by atoms with Crippen LogP contribution < -0.4 is 0 Å². The molecular formula is C12H17NO3. The highest BCUT2D eigenvalue weighted by molar-refractivity contribution is 5.69. The van der Waals surface area contributed by atoms with Crippen molar-refractivity contribution in [3.63, 3.8) is 0 Å². The van der Waals surface area contributed by atoms with Crippen LogP contribution in [-0.2, 0) is 24.1 Å². The fraction of sp³-hybridized carbons (Fsp3) is 0.667. The fourth-order valence-electron chi connectivity index (χ4n) is 2.16. The molecule has 2 rings (SSSR count). The van der Waals surface area contributed by atoms with E-state index >= 15 is 0 Å². The molecule has 1 N–H and O–H groups in total. The van der Waals surface area contributed by atoms with Crippen LogP contribution in [0, 0.1) is 5.92 Å². The molecule has 1 aliphatic rings. The van der Waals surface area contributed by atoms with Gasteiger partial charge in [-0.25, -0.2) is 0 Å². The highest BCUT2D eigenvalue weighted by Gasteiger charge is 2.21. The van der Waals surface area contributed by atoms with Crippen molar-refractivity contribution in [2.24, 2.45) is 5.92 Å². The Kier molecular flexibility index (Phi) is 3.27. The van der Waals surface area contributed by atoms with Crippen molar-refractivity contribution in [1.82, 2.24) is 5.16 Å². The summed E-state index contributed by atoms with van der Waals surface area (Å²) in [5, 5.41) is 12.9. The van der Waals surface area contributed by atoms with Crippen LogP contribution in [0.5, 0.6) is 0 Å². The van der Waals surface area contributed by atoms with Gasteiger partial charge in [-0.15, -0.1) is 0 Å². The lowest BCUT2D eigenvalue weighted by Crippen LogP contribution is -2.12. The Hall–Kier alpha value is -1.32. The third kappa shape index (κ3) is 2.26. The Bertz CT molecular complexity index is 384. The maximum absolute atomic E-state index is 10.8. The van der Waals surface area contributed by atoms with Crippen molar-refractivity contribution < 1.29 is 14.4 Å². The molecule has 0 aliphatic heterocycles. The number of nitrogens with zero attached hydrogens (tertiary/aromatic N) is 1. The van der Waals surface area contributed by atoms with Crippen molar-refractivity contribution in [2.45, 2.75) is 45.4 Å². The zero-order chi connectivity index (χ0) is 11.5. The Labute approximate surface area is 94.6 Å². The predicted octanol–water partition coefficient (Wildman–Crippen LogP) is 2.21. The van der Waals surface area contributed by atoms with E-state index in [2.05, 4.69) is 5.16 Å². The molecule has 1 atom stereocenters.